The van der Waals surface area contributed by atoms with Crippen molar-refractivity contribution in [2.75, 3.05) is 11.9 Å². The van der Waals surface area contributed by atoms with Crippen LogP contribution in [0.4, 0.5) is 5.69 Å². The predicted octanol–water partition coefficient (Wildman–Crippen LogP) is 1.41. The molecule has 3 amide bonds. The Hall–Kier alpha value is -2.57. The Morgan fingerprint density at radius 1 is 1.08 bits per heavy atom. The minimum atomic E-state index is -0.751. The quantitative estimate of drug-likeness (QED) is 0.605. The summed E-state index contributed by atoms with van der Waals surface area (Å²) in [7, 11) is 0. The number of rotatable bonds is 5. The van der Waals surface area contributed by atoms with Gasteiger partial charge in [-0.25, -0.2) is 0 Å². The summed E-state index contributed by atoms with van der Waals surface area (Å²) in [5, 5.41) is 5.61. The lowest BCUT2D eigenvalue weighted by atomic mass is 9.95. The Labute approximate surface area is 148 Å². The Bertz CT molecular complexity index is 650. The SMILES string of the molecule is Cc1ccc(NCC(=O)NNC(=O)[C@@H](C)NC(=O)C(C)(C)C)c(C)c1. The molecule has 1 aromatic carbocycles. The molecule has 1 aromatic rings. The van der Waals surface area contributed by atoms with Crippen LogP contribution in [0.5, 0.6) is 0 Å². The molecular formula is C18H28N4O3. The van der Waals surface area contributed by atoms with E-state index in [9.17, 15) is 14.4 Å². The number of aryl methyl sites for hydroxylation is 2. The maximum absolute atomic E-state index is 11.9. The van der Waals surface area contributed by atoms with E-state index in [1.165, 1.54) is 0 Å². The van der Waals surface area contributed by atoms with Gasteiger partial charge < -0.3 is 10.6 Å². The van der Waals surface area contributed by atoms with Crippen LogP contribution in [0, 0.1) is 19.3 Å². The van der Waals surface area contributed by atoms with Crippen molar-refractivity contribution in [2.45, 2.75) is 47.6 Å². The first kappa shape index (κ1) is 20.5. The van der Waals surface area contributed by atoms with Crippen molar-refractivity contribution >= 4 is 23.4 Å². The molecule has 4 N–H and O–H groups in total. The van der Waals surface area contributed by atoms with Gasteiger partial charge in [-0.1, -0.05) is 38.5 Å². The van der Waals surface area contributed by atoms with E-state index in [0.29, 0.717) is 0 Å². The van der Waals surface area contributed by atoms with E-state index in [2.05, 4.69) is 21.5 Å². The van der Waals surface area contributed by atoms with Crippen LogP contribution in [0.1, 0.15) is 38.8 Å². The highest BCUT2D eigenvalue weighted by Gasteiger charge is 2.25. The molecule has 25 heavy (non-hydrogen) atoms. The summed E-state index contributed by atoms with van der Waals surface area (Å²) in [6.07, 6.45) is 0. The van der Waals surface area contributed by atoms with Crippen LogP contribution in [0.2, 0.25) is 0 Å². The van der Waals surface area contributed by atoms with Gasteiger partial charge >= 0.3 is 0 Å². The number of amides is 3. The molecule has 138 valence electrons. The van der Waals surface area contributed by atoms with Crippen LogP contribution in [0.25, 0.3) is 0 Å². The predicted molar refractivity (Wildman–Crippen MR) is 97.8 cm³/mol. The molecule has 0 aliphatic heterocycles. The lowest BCUT2D eigenvalue weighted by molar-refractivity contribution is -0.134. The van der Waals surface area contributed by atoms with Crippen molar-refractivity contribution in [3.8, 4) is 0 Å². The molecule has 0 saturated heterocycles. The first-order chi connectivity index (χ1) is 11.5. The summed E-state index contributed by atoms with van der Waals surface area (Å²) >= 11 is 0. The van der Waals surface area contributed by atoms with Crippen molar-refractivity contribution in [1.29, 1.82) is 0 Å². The molecule has 0 radical (unpaired) electrons. The standard InChI is InChI=1S/C18H28N4O3/c1-11-7-8-14(12(2)9-11)19-10-15(23)21-22-16(24)13(3)20-17(25)18(4,5)6/h7-9,13,19H,10H2,1-6H3,(H,20,25)(H,21,23)(H,22,24)/t13-/m1/s1. The summed E-state index contributed by atoms with van der Waals surface area (Å²) in [5.74, 6) is -1.11. The summed E-state index contributed by atoms with van der Waals surface area (Å²) in [6, 6.07) is 5.12. The summed E-state index contributed by atoms with van der Waals surface area (Å²) in [5.41, 5.74) is 7.08. The minimum Gasteiger partial charge on any atom is -0.376 e. The fraction of sp³-hybridized carbons (Fsp3) is 0.500. The van der Waals surface area contributed by atoms with Crippen molar-refractivity contribution < 1.29 is 14.4 Å². The minimum absolute atomic E-state index is 0.0207. The van der Waals surface area contributed by atoms with E-state index in [1.807, 2.05) is 32.0 Å². The fourth-order valence-electron chi connectivity index (χ4n) is 1.95. The molecule has 0 bridgehead atoms. The highest BCUT2D eigenvalue weighted by molar-refractivity contribution is 5.90. The maximum Gasteiger partial charge on any atom is 0.260 e. The molecule has 1 rings (SSSR count). The number of hydrogen-bond donors (Lipinski definition) is 4. The summed E-state index contributed by atoms with van der Waals surface area (Å²) in [6.45, 7) is 10.8. The smallest absolute Gasteiger partial charge is 0.260 e. The van der Waals surface area contributed by atoms with Gasteiger partial charge in [0.25, 0.3) is 11.8 Å². The first-order valence-electron chi connectivity index (χ1n) is 8.21. The zero-order chi connectivity index (χ0) is 19.2. The second-order valence-corrected chi connectivity index (χ2v) is 7.15. The van der Waals surface area contributed by atoms with Gasteiger partial charge in [-0.3, -0.25) is 25.2 Å². The number of carbonyl (C=O) groups excluding carboxylic acids is 3. The Morgan fingerprint density at radius 3 is 2.28 bits per heavy atom. The molecule has 0 heterocycles. The lowest BCUT2D eigenvalue weighted by Gasteiger charge is -2.21. The topological polar surface area (TPSA) is 99.3 Å². The molecule has 0 aliphatic carbocycles. The van der Waals surface area contributed by atoms with E-state index >= 15 is 0 Å². The molecule has 1 atom stereocenters. The van der Waals surface area contributed by atoms with Crippen LogP contribution in [-0.2, 0) is 14.4 Å². The third kappa shape index (κ3) is 6.82. The van der Waals surface area contributed by atoms with Gasteiger partial charge in [-0.05, 0) is 32.4 Å². The van der Waals surface area contributed by atoms with Crippen molar-refractivity contribution in [2.24, 2.45) is 5.41 Å². The highest BCUT2D eigenvalue weighted by atomic mass is 16.2. The van der Waals surface area contributed by atoms with Crippen LogP contribution < -0.4 is 21.5 Å². The third-order valence-electron chi connectivity index (χ3n) is 3.57. The second kappa shape index (κ2) is 8.50. The Balaban J connectivity index is 2.40. The number of benzene rings is 1. The average molecular weight is 348 g/mol. The first-order valence-corrected chi connectivity index (χ1v) is 8.21. The number of anilines is 1. The average Bonchev–Trinajstić information content (AvgIpc) is 2.50. The molecule has 0 saturated carbocycles. The zero-order valence-corrected chi connectivity index (χ0v) is 15.7. The molecule has 7 heteroatoms. The van der Waals surface area contributed by atoms with Gasteiger partial charge in [-0.15, -0.1) is 0 Å². The molecular weight excluding hydrogens is 320 g/mol. The van der Waals surface area contributed by atoms with Gasteiger partial charge in [0, 0.05) is 11.1 Å². The summed E-state index contributed by atoms with van der Waals surface area (Å²) < 4.78 is 0. The van der Waals surface area contributed by atoms with Crippen molar-refractivity contribution in [3.63, 3.8) is 0 Å². The van der Waals surface area contributed by atoms with E-state index in [-0.39, 0.29) is 18.4 Å². The number of carbonyl (C=O) groups is 3. The molecule has 0 aromatic heterocycles. The van der Waals surface area contributed by atoms with E-state index in [4.69, 9.17) is 0 Å². The largest absolute Gasteiger partial charge is 0.376 e. The number of nitrogens with one attached hydrogen (secondary N) is 4. The van der Waals surface area contributed by atoms with Crippen LogP contribution in [0.3, 0.4) is 0 Å². The second-order valence-electron chi connectivity index (χ2n) is 7.15. The van der Waals surface area contributed by atoms with Gasteiger partial charge in [0.05, 0.1) is 6.54 Å². The summed E-state index contributed by atoms with van der Waals surface area (Å²) in [4.78, 5) is 35.6. The van der Waals surface area contributed by atoms with E-state index in [1.54, 1.807) is 27.7 Å². The van der Waals surface area contributed by atoms with Crippen LogP contribution >= 0.6 is 0 Å². The van der Waals surface area contributed by atoms with E-state index in [0.717, 1.165) is 16.8 Å². The molecule has 0 unspecified atom stereocenters. The van der Waals surface area contributed by atoms with Gasteiger partial charge in [-0.2, -0.15) is 0 Å². The van der Waals surface area contributed by atoms with Crippen LogP contribution in [-0.4, -0.2) is 30.3 Å². The highest BCUT2D eigenvalue weighted by Crippen LogP contribution is 2.15. The molecule has 7 nitrogen and oxygen atoms in total. The molecule has 0 aliphatic rings. The van der Waals surface area contributed by atoms with Crippen LogP contribution in [0.15, 0.2) is 18.2 Å². The Morgan fingerprint density at radius 2 is 1.72 bits per heavy atom. The Kier molecular flexibility index (Phi) is 6.97. The lowest BCUT2D eigenvalue weighted by Crippen LogP contribution is -2.53. The maximum atomic E-state index is 11.9. The van der Waals surface area contributed by atoms with Crippen molar-refractivity contribution in [1.82, 2.24) is 16.2 Å². The molecule has 0 spiro atoms. The molecule has 0 fully saturated rings. The number of hydrazine groups is 1. The van der Waals surface area contributed by atoms with Gasteiger partial charge in [0.15, 0.2) is 0 Å². The zero-order valence-electron chi connectivity index (χ0n) is 15.7. The fourth-order valence-corrected chi connectivity index (χ4v) is 1.95. The normalized spacial score (nSPS) is 12.1. The van der Waals surface area contributed by atoms with Crippen molar-refractivity contribution in [3.05, 3.63) is 29.3 Å². The van der Waals surface area contributed by atoms with E-state index < -0.39 is 17.4 Å². The van der Waals surface area contributed by atoms with Gasteiger partial charge in [0.2, 0.25) is 5.91 Å². The monoisotopic (exact) mass is 348 g/mol. The third-order valence-corrected chi connectivity index (χ3v) is 3.57. The number of hydrogen-bond acceptors (Lipinski definition) is 4. The van der Waals surface area contributed by atoms with Gasteiger partial charge in [0.1, 0.15) is 6.04 Å².